The van der Waals surface area contributed by atoms with E-state index in [1.54, 1.807) is 6.07 Å². The Bertz CT molecular complexity index is 688. The monoisotopic (exact) mass is 351 g/mol. The predicted octanol–water partition coefficient (Wildman–Crippen LogP) is 2.20. The van der Waals surface area contributed by atoms with E-state index >= 15 is 0 Å². The van der Waals surface area contributed by atoms with Crippen LogP contribution >= 0.6 is 15.9 Å². The number of carboxylic acid groups (broad SMARTS) is 1. The Kier molecular flexibility index (Phi) is 4.49. The van der Waals surface area contributed by atoms with Crippen molar-refractivity contribution in [3.8, 4) is 5.88 Å². The van der Waals surface area contributed by atoms with E-state index in [2.05, 4.69) is 31.2 Å². The fourth-order valence-corrected chi connectivity index (χ4v) is 1.89. The van der Waals surface area contributed by atoms with Gasteiger partial charge in [-0.2, -0.15) is 0 Å². The van der Waals surface area contributed by atoms with Gasteiger partial charge in [0.25, 0.3) is 5.91 Å². The van der Waals surface area contributed by atoms with Crippen LogP contribution in [0.4, 0.5) is 5.69 Å². The quantitative estimate of drug-likeness (QED) is 0.875. The summed E-state index contributed by atoms with van der Waals surface area (Å²) in [6.45, 7) is 0. The normalized spacial score (nSPS) is 10.0. The molecule has 1 aromatic carbocycles. The Morgan fingerprint density at radius 3 is 2.62 bits per heavy atom. The van der Waals surface area contributed by atoms with E-state index in [0.717, 1.165) is 0 Å². The van der Waals surface area contributed by atoms with Gasteiger partial charge in [0.05, 0.1) is 30.8 Å². The van der Waals surface area contributed by atoms with Crippen LogP contribution in [0.3, 0.4) is 0 Å². The fraction of sp³-hybridized carbons (Fsp3) is 0.0769. The van der Waals surface area contributed by atoms with Gasteiger partial charge in [0.2, 0.25) is 5.88 Å². The molecule has 2 N–H and O–H groups in total. The van der Waals surface area contributed by atoms with Crippen LogP contribution in [-0.2, 0) is 0 Å². The number of aromatic carboxylic acids is 1. The van der Waals surface area contributed by atoms with E-state index in [1.807, 2.05) is 0 Å². The molecule has 0 aliphatic rings. The summed E-state index contributed by atoms with van der Waals surface area (Å²) in [5.74, 6) is -1.43. The van der Waals surface area contributed by atoms with Crippen LogP contribution in [0, 0.1) is 0 Å². The van der Waals surface area contributed by atoms with Crippen molar-refractivity contribution >= 4 is 33.5 Å². The van der Waals surface area contributed by atoms with Crippen molar-refractivity contribution in [3.63, 3.8) is 0 Å². The second-order valence-corrected chi connectivity index (χ2v) is 4.81. The molecule has 8 heteroatoms. The second-order valence-electron chi connectivity index (χ2n) is 3.89. The van der Waals surface area contributed by atoms with Gasteiger partial charge in [0, 0.05) is 4.47 Å². The molecule has 7 nitrogen and oxygen atoms in total. The highest BCUT2D eigenvalue weighted by molar-refractivity contribution is 9.10. The lowest BCUT2D eigenvalue weighted by Crippen LogP contribution is -2.16. The number of methoxy groups -OCH3 is 1. The number of hydrogen-bond acceptors (Lipinski definition) is 5. The highest BCUT2D eigenvalue weighted by Crippen LogP contribution is 2.21. The van der Waals surface area contributed by atoms with Crippen molar-refractivity contribution < 1.29 is 19.4 Å². The van der Waals surface area contributed by atoms with Crippen LogP contribution in [0.1, 0.15) is 20.8 Å². The summed E-state index contributed by atoms with van der Waals surface area (Å²) in [6.07, 6.45) is 2.54. The van der Waals surface area contributed by atoms with Crippen molar-refractivity contribution in [2.75, 3.05) is 12.4 Å². The predicted molar refractivity (Wildman–Crippen MR) is 77.6 cm³/mol. The maximum atomic E-state index is 12.0. The number of hydrogen-bond donors (Lipinski definition) is 2. The maximum absolute atomic E-state index is 12.0. The SMILES string of the molecule is COc1cnc(C(=O)Nc2ccc(Br)cc2C(=O)O)cn1. The Morgan fingerprint density at radius 2 is 2.05 bits per heavy atom. The van der Waals surface area contributed by atoms with Gasteiger partial charge in [0.15, 0.2) is 0 Å². The molecule has 0 aliphatic heterocycles. The molecule has 0 radical (unpaired) electrons. The summed E-state index contributed by atoms with van der Waals surface area (Å²) in [6, 6.07) is 4.52. The van der Waals surface area contributed by atoms with Crippen molar-refractivity contribution in [2.24, 2.45) is 0 Å². The zero-order chi connectivity index (χ0) is 15.4. The zero-order valence-corrected chi connectivity index (χ0v) is 12.4. The minimum Gasteiger partial charge on any atom is -0.480 e. The van der Waals surface area contributed by atoms with E-state index in [0.29, 0.717) is 4.47 Å². The lowest BCUT2D eigenvalue weighted by Gasteiger charge is -2.08. The molecule has 1 aromatic heterocycles. The fourth-order valence-electron chi connectivity index (χ4n) is 1.53. The molecule has 2 rings (SSSR count). The number of carbonyl (C=O) groups is 2. The maximum Gasteiger partial charge on any atom is 0.337 e. The Hall–Kier alpha value is -2.48. The lowest BCUT2D eigenvalue weighted by atomic mass is 10.2. The molecule has 1 amide bonds. The van der Waals surface area contributed by atoms with Crippen LogP contribution in [0.5, 0.6) is 5.88 Å². The highest BCUT2D eigenvalue weighted by Gasteiger charge is 2.15. The molecule has 0 saturated heterocycles. The number of anilines is 1. The number of amides is 1. The van der Waals surface area contributed by atoms with Crippen LogP contribution < -0.4 is 10.1 Å². The molecule has 2 aromatic rings. The third-order valence-electron chi connectivity index (χ3n) is 2.53. The van der Waals surface area contributed by atoms with Crippen LogP contribution in [0.25, 0.3) is 0 Å². The number of aromatic nitrogens is 2. The summed E-state index contributed by atoms with van der Waals surface area (Å²) in [5.41, 5.74) is 0.197. The summed E-state index contributed by atoms with van der Waals surface area (Å²) in [5, 5.41) is 11.6. The van der Waals surface area contributed by atoms with Crippen molar-refractivity contribution in [2.45, 2.75) is 0 Å². The number of halogens is 1. The third kappa shape index (κ3) is 3.54. The number of benzene rings is 1. The summed E-state index contributed by atoms with van der Waals surface area (Å²) in [7, 11) is 1.44. The van der Waals surface area contributed by atoms with Crippen molar-refractivity contribution in [1.29, 1.82) is 0 Å². The molecule has 1 heterocycles. The molecule has 21 heavy (non-hydrogen) atoms. The molecule has 0 atom stereocenters. The zero-order valence-electron chi connectivity index (χ0n) is 10.8. The van der Waals surface area contributed by atoms with Gasteiger partial charge in [-0.15, -0.1) is 0 Å². The van der Waals surface area contributed by atoms with Crippen molar-refractivity contribution in [1.82, 2.24) is 9.97 Å². The number of carbonyl (C=O) groups excluding carboxylic acids is 1. The Morgan fingerprint density at radius 1 is 1.29 bits per heavy atom. The summed E-state index contributed by atoms with van der Waals surface area (Å²) >= 11 is 3.18. The van der Waals surface area contributed by atoms with Crippen LogP contribution in [-0.4, -0.2) is 34.1 Å². The van der Waals surface area contributed by atoms with Crippen LogP contribution in [0.15, 0.2) is 35.1 Å². The number of rotatable bonds is 4. The van der Waals surface area contributed by atoms with Gasteiger partial charge in [-0.25, -0.2) is 14.8 Å². The van der Waals surface area contributed by atoms with E-state index < -0.39 is 11.9 Å². The number of carboxylic acids is 1. The summed E-state index contributed by atoms with van der Waals surface area (Å²) in [4.78, 5) is 30.9. The molecule has 0 bridgehead atoms. The van der Waals surface area contributed by atoms with Gasteiger partial charge in [0.1, 0.15) is 5.69 Å². The topological polar surface area (TPSA) is 101 Å². The molecular weight excluding hydrogens is 342 g/mol. The average Bonchev–Trinajstić information content (AvgIpc) is 2.49. The highest BCUT2D eigenvalue weighted by atomic mass is 79.9. The van der Waals surface area contributed by atoms with E-state index in [-0.39, 0.29) is 22.8 Å². The first-order valence-electron chi connectivity index (χ1n) is 5.71. The minimum atomic E-state index is -1.15. The first kappa shape index (κ1) is 14.9. The molecule has 0 spiro atoms. The largest absolute Gasteiger partial charge is 0.480 e. The molecule has 108 valence electrons. The lowest BCUT2D eigenvalue weighted by molar-refractivity contribution is 0.0698. The minimum absolute atomic E-state index is 0.0285. The van der Waals surface area contributed by atoms with Crippen molar-refractivity contribution in [3.05, 3.63) is 46.3 Å². The molecular formula is C13H10BrN3O4. The van der Waals surface area contributed by atoms with Crippen LogP contribution in [0.2, 0.25) is 0 Å². The third-order valence-corrected chi connectivity index (χ3v) is 3.02. The molecule has 0 saturated carbocycles. The van der Waals surface area contributed by atoms with Gasteiger partial charge in [-0.1, -0.05) is 15.9 Å². The molecule has 0 fully saturated rings. The molecule has 0 unspecified atom stereocenters. The number of nitrogens with one attached hydrogen (secondary N) is 1. The van der Waals surface area contributed by atoms with Gasteiger partial charge in [-0.3, -0.25) is 4.79 Å². The van der Waals surface area contributed by atoms with E-state index in [1.165, 1.54) is 31.6 Å². The van der Waals surface area contributed by atoms with Gasteiger partial charge in [-0.05, 0) is 18.2 Å². The van der Waals surface area contributed by atoms with E-state index in [4.69, 9.17) is 9.84 Å². The molecule has 0 aliphatic carbocycles. The number of nitrogens with zero attached hydrogens (tertiary/aromatic N) is 2. The first-order valence-corrected chi connectivity index (χ1v) is 6.51. The first-order chi connectivity index (χ1) is 10.0. The average molecular weight is 352 g/mol. The number of ether oxygens (including phenoxy) is 1. The Balaban J connectivity index is 2.24. The van der Waals surface area contributed by atoms with E-state index in [9.17, 15) is 9.59 Å². The Labute approximate surface area is 128 Å². The van der Waals surface area contributed by atoms with Gasteiger partial charge < -0.3 is 15.2 Å². The standard InChI is InChI=1S/C13H10BrN3O4/c1-21-11-6-15-10(5-16-11)12(18)17-9-3-2-7(14)4-8(9)13(19)20/h2-6H,1H3,(H,17,18)(H,19,20). The second kappa shape index (κ2) is 6.31. The summed E-state index contributed by atoms with van der Waals surface area (Å²) < 4.78 is 5.44. The smallest absolute Gasteiger partial charge is 0.337 e. The van der Waals surface area contributed by atoms with Gasteiger partial charge >= 0.3 is 5.97 Å².